The number of halogens is 2. The van der Waals surface area contributed by atoms with Crippen molar-refractivity contribution in [2.75, 3.05) is 18.4 Å². The zero-order valence-corrected chi connectivity index (χ0v) is 19.3. The number of amides is 1. The first-order valence-corrected chi connectivity index (χ1v) is 11.6. The van der Waals surface area contributed by atoms with Gasteiger partial charge in [0.25, 0.3) is 5.91 Å². The van der Waals surface area contributed by atoms with Crippen LogP contribution in [-0.4, -0.2) is 31.7 Å². The predicted molar refractivity (Wildman–Crippen MR) is 119 cm³/mol. The fourth-order valence-corrected chi connectivity index (χ4v) is 4.85. The fourth-order valence-electron chi connectivity index (χ4n) is 2.79. The Bertz CT molecular complexity index is 948. The zero-order valence-electron chi connectivity index (χ0n) is 16.9. The second-order valence-corrected chi connectivity index (χ2v) is 10.5. The summed E-state index contributed by atoms with van der Waals surface area (Å²) in [5, 5.41) is 3.45. The summed E-state index contributed by atoms with van der Waals surface area (Å²) in [6.45, 7) is 8.83. The predicted octanol–water partition coefficient (Wildman–Crippen LogP) is 5.55. The van der Waals surface area contributed by atoms with Crippen LogP contribution in [0.2, 0.25) is 10.0 Å². The van der Waals surface area contributed by atoms with E-state index in [2.05, 4.69) is 5.32 Å². The van der Waals surface area contributed by atoms with E-state index in [-0.39, 0.29) is 22.6 Å². The molecular formula is C21H26Cl2N2O3S. The van der Waals surface area contributed by atoms with E-state index in [1.54, 1.807) is 18.2 Å². The zero-order chi connectivity index (χ0) is 21.8. The summed E-state index contributed by atoms with van der Waals surface area (Å²) in [6, 6.07) is 10.7. The van der Waals surface area contributed by atoms with Gasteiger partial charge in [-0.25, -0.2) is 8.42 Å². The first kappa shape index (κ1) is 23.7. The maximum atomic E-state index is 13.0. The van der Waals surface area contributed by atoms with Gasteiger partial charge >= 0.3 is 0 Å². The molecular weight excluding hydrogens is 431 g/mol. The molecule has 29 heavy (non-hydrogen) atoms. The van der Waals surface area contributed by atoms with Gasteiger partial charge in [0.1, 0.15) is 0 Å². The van der Waals surface area contributed by atoms with E-state index in [1.165, 1.54) is 28.6 Å². The second-order valence-electron chi connectivity index (χ2n) is 7.72. The van der Waals surface area contributed by atoms with E-state index in [0.717, 1.165) is 0 Å². The summed E-state index contributed by atoms with van der Waals surface area (Å²) in [6.07, 6.45) is 0. The first-order valence-electron chi connectivity index (χ1n) is 9.37. The number of rotatable bonds is 8. The van der Waals surface area contributed by atoms with E-state index >= 15 is 0 Å². The molecule has 0 spiro atoms. The Kier molecular flexibility index (Phi) is 8.11. The summed E-state index contributed by atoms with van der Waals surface area (Å²) in [5.41, 5.74) is 0.843. The molecule has 0 aliphatic rings. The topological polar surface area (TPSA) is 66.5 Å². The van der Waals surface area contributed by atoms with Crippen molar-refractivity contribution in [2.45, 2.75) is 32.6 Å². The number of benzene rings is 2. The largest absolute Gasteiger partial charge is 0.322 e. The van der Waals surface area contributed by atoms with Crippen LogP contribution in [0, 0.1) is 11.8 Å². The summed E-state index contributed by atoms with van der Waals surface area (Å²) in [7, 11) is -3.63. The third kappa shape index (κ3) is 6.44. The van der Waals surface area contributed by atoms with Crippen molar-refractivity contribution in [1.29, 1.82) is 0 Å². The average Bonchev–Trinajstić information content (AvgIpc) is 2.63. The third-order valence-electron chi connectivity index (χ3n) is 4.07. The minimum atomic E-state index is -3.63. The van der Waals surface area contributed by atoms with E-state index in [4.69, 9.17) is 23.2 Å². The summed E-state index contributed by atoms with van der Waals surface area (Å²) < 4.78 is 27.6. The van der Waals surface area contributed by atoms with Gasteiger partial charge in [0.2, 0.25) is 10.0 Å². The summed E-state index contributed by atoms with van der Waals surface area (Å²) in [5.74, 6) is 0.0492. The van der Waals surface area contributed by atoms with Crippen LogP contribution < -0.4 is 5.32 Å². The molecule has 0 saturated carbocycles. The van der Waals surface area contributed by atoms with Crippen LogP contribution in [-0.2, 0) is 10.0 Å². The Labute approximate surface area is 183 Å². The van der Waals surface area contributed by atoms with Crippen LogP contribution in [0.3, 0.4) is 0 Å². The SMILES string of the molecule is CC(C)CN(CC(C)C)S(=O)(=O)c1ccc(C(=O)Nc2ccc(Cl)c(Cl)c2)cc1. The molecule has 1 amide bonds. The Morgan fingerprint density at radius 3 is 1.97 bits per heavy atom. The van der Waals surface area contributed by atoms with E-state index in [0.29, 0.717) is 34.4 Å². The minimum absolute atomic E-state index is 0.171. The first-order chi connectivity index (χ1) is 13.5. The van der Waals surface area contributed by atoms with Crippen molar-refractivity contribution in [2.24, 2.45) is 11.8 Å². The highest BCUT2D eigenvalue weighted by atomic mass is 35.5. The molecule has 0 bridgehead atoms. The monoisotopic (exact) mass is 456 g/mol. The maximum absolute atomic E-state index is 13.0. The fraction of sp³-hybridized carbons (Fsp3) is 0.381. The van der Waals surface area contributed by atoms with Gasteiger partial charge in [0.05, 0.1) is 14.9 Å². The molecule has 0 aliphatic heterocycles. The second kappa shape index (κ2) is 9.94. The average molecular weight is 457 g/mol. The number of sulfonamides is 1. The molecule has 0 fully saturated rings. The van der Waals surface area contributed by atoms with Gasteiger partial charge in [-0.1, -0.05) is 50.9 Å². The summed E-state index contributed by atoms with van der Waals surface area (Å²) >= 11 is 11.8. The quantitative estimate of drug-likeness (QED) is 0.565. The highest BCUT2D eigenvalue weighted by Gasteiger charge is 2.26. The number of hydrogen-bond donors (Lipinski definition) is 1. The van der Waals surface area contributed by atoms with Crippen LogP contribution in [0.25, 0.3) is 0 Å². The van der Waals surface area contributed by atoms with Crippen molar-refractivity contribution >= 4 is 44.8 Å². The number of nitrogens with zero attached hydrogens (tertiary/aromatic N) is 1. The number of carbonyl (C=O) groups excluding carboxylic acids is 1. The third-order valence-corrected chi connectivity index (χ3v) is 6.65. The molecule has 0 aromatic heterocycles. The maximum Gasteiger partial charge on any atom is 0.255 e. The van der Waals surface area contributed by atoms with Gasteiger partial charge in [0.15, 0.2) is 0 Å². The van der Waals surface area contributed by atoms with Crippen LogP contribution in [0.1, 0.15) is 38.1 Å². The normalized spacial score (nSPS) is 12.0. The molecule has 0 unspecified atom stereocenters. The van der Waals surface area contributed by atoms with Crippen molar-refractivity contribution in [1.82, 2.24) is 4.31 Å². The molecule has 0 aliphatic carbocycles. The molecule has 2 aromatic rings. The van der Waals surface area contributed by atoms with Gasteiger partial charge in [-0.15, -0.1) is 0 Å². The smallest absolute Gasteiger partial charge is 0.255 e. The highest BCUT2D eigenvalue weighted by molar-refractivity contribution is 7.89. The highest BCUT2D eigenvalue weighted by Crippen LogP contribution is 2.25. The van der Waals surface area contributed by atoms with E-state index in [1.807, 2.05) is 27.7 Å². The molecule has 8 heteroatoms. The lowest BCUT2D eigenvalue weighted by Crippen LogP contribution is -2.37. The van der Waals surface area contributed by atoms with Crippen LogP contribution in [0.4, 0.5) is 5.69 Å². The van der Waals surface area contributed by atoms with Crippen molar-refractivity contribution in [3.63, 3.8) is 0 Å². The lowest BCUT2D eigenvalue weighted by molar-refractivity contribution is 0.102. The van der Waals surface area contributed by atoms with E-state index < -0.39 is 10.0 Å². The molecule has 158 valence electrons. The lowest BCUT2D eigenvalue weighted by Gasteiger charge is -2.25. The minimum Gasteiger partial charge on any atom is -0.322 e. The standard InChI is InChI=1S/C21H26Cl2N2O3S/c1-14(2)12-25(13-15(3)4)29(27,28)18-8-5-16(6-9-18)21(26)24-17-7-10-19(22)20(23)11-17/h5-11,14-15H,12-13H2,1-4H3,(H,24,26). The van der Waals surface area contributed by atoms with Gasteiger partial charge < -0.3 is 5.32 Å². The van der Waals surface area contributed by atoms with Gasteiger partial charge in [-0.3, -0.25) is 4.79 Å². The number of nitrogens with one attached hydrogen (secondary N) is 1. The number of carbonyl (C=O) groups is 1. The molecule has 0 heterocycles. The van der Waals surface area contributed by atoms with Gasteiger partial charge in [-0.05, 0) is 54.3 Å². The Morgan fingerprint density at radius 2 is 1.48 bits per heavy atom. The molecule has 0 saturated heterocycles. The molecule has 0 radical (unpaired) electrons. The van der Waals surface area contributed by atoms with Crippen molar-refractivity contribution in [3.8, 4) is 0 Å². The molecule has 2 rings (SSSR count). The van der Waals surface area contributed by atoms with Gasteiger partial charge in [0, 0.05) is 24.3 Å². The molecule has 2 aromatic carbocycles. The lowest BCUT2D eigenvalue weighted by atomic mass is 10.2. The van der Waals surface area contributed by atoms with Gasteiger partial charge in [-0.2, -0.15) is 4.31 Å². The number of anilines is 1. The van der Waals surface area contributed by atoms with Crippen LogP contribution in [0.5, 0.6) is 0 Å². The number of hydrogen-bond acceptors (Lipinski definition) is 3. The van der Waals surface area contributed by atoms with Crippen molar-refractivity contribution < 1.29 is 13.2 Å². The van der Waals surface area contributed by atoms with Crippen molar-refractivity contribution in [3.05, 3.63) is 58.1 Å². The van der Waals surface area contributed by atoms with E-state index in [9.17, 15) is 13.2 Å². The molecule has 5 nitrogen and oxygen atoms in total. The summed E-state index contributed by atoms with van der Waals surface area (Å²) in [4.78, 5) is 12.6. The molecule has 0 atom stereocenters. The Morgan fingerprint density at radius 1 is 0.931 bits per heavy atom. The van der Waals surface area contributed by atoms with Crippen LogP contribution >= 0.6 is 23.2 Å². The Balaban J connectivity index is 2.20. The Hall–Kier alpha value is -1.60. The van der Waals surface area contributed by atoms with Crippen LogP contribution in [0.15, 0.2) is 47.4 Å². The molecule has 1 N–H and O–H groups in total.